The van der Waals surface area contributed by atoms with Crippen LogP contribution in [0.3, 0.4) is 0 Å². The first-order valence-corrected chi connectivity index (χ1v) is 25.5. The Bertz CT molecular complexity index is 1790. The van der Waals surface area contributed by atoms with E-state index in [4.69, 9.17) is 34.2 Å². The Hall–Kier alpha value is -5.98. The number of nitrogens with one attached hydrogen (secondary N) is 8. The number of ether oxygens (including phenoxy) is 6. The topological polar surface area (TPSA) is 317 Å². The van der Waals surface area contributed by atoms with Crippen LogP contribution >= 0.6 is 0 Å². The fourth-order valence-corrected chi connectivity index (χ4v) is 6.46. The zero-order chi connectivity index (χ0) is 56.7. The van der Waals surface area contributed by atoms with E-state index in [-0.39, 0.29) is 128 Å². The summed E-state index contributed by atoms with van der Waals surface area (Å²) in [7, 11) is 1.54. The SMILES string of the molecule is CN(CC(C)(C)NC(=O)c1ccc(CN)cc1)C(=O)NC(COCCC(=O)NCCCNC(=O)OC(C)(C)C)(COCCC(=O)NCCCNC(=O)OC(C)(C)C)COCCC(=O)NCCCNC(=O)OC(C)(C)C. The van der Waals surface area contributed by atoms with Gasteiger partial charge in [-0.15, -0.1) is 0 Å². The van der Waals surface area contributed by atoms with Crippen molar-refractivity contribution in [2.45, 2.75) is 149 Å². The molecule has 10 N–H and O–H groups in total. The minimum Gasteiger partial charge on any atom is -0.444 e. The van der Waals surface area contributed by atoms with Gasteiger partial charge in [0.25, 0.3) is 5.91 Å². The van der Waals surface area contributed by atoms with Gasteiger partial charge in [-0.05, 0) is 113 Å². The van der Waals surface area contributed by atoms with Crippen molar-refractivity contribution in [2.24, 2.45) is 5.73 Å². The molecule has 0 aliphatic heterocycles. The van der Waals surface area contributed by atoms with Crippen LogP contribution in [0.2, 0.25) is 0 Å². The van der Waals surface area contributed by atoms with Gasteiger partial charge in [-0.3, -0.25) is 19.2 Å². The molecule has 24 nitrogen and oxygen atoms in total. The maximum atomic E-state index is 14.2. The highest BCUT2D eigenvalue weighted by molar-refractivity contribution is 5.94. The lowest BCUT2D eigenvalue weighted by molar-refractivity contribution is -0.122. The summed E-state index contributed by atoms with van der Waals surface area (Å²) in [6.45, 7) is 20.3. The molecule has 1 rings (SSSR count). The summed E-state index contributed by atoms with van der Waals surface area (Å²) in [6.07, 6.45) is -0.543. The third-order valence-electron chi connectivity index (χ3n) is 9.84. The zero-order valence-electron chi connectivity index (χ0n) is 46.7. The van der Waals surface area contributed by atoms with Crippen LogP contribution in [0.4, 0.5) is 19.2 Å². The average molecular weight is 1070 g/mol. The molecule has 0 atom stereocenters. The van der Waals surface area contributed by atoms with Crippen molar-refractivity contribution in [1.82, 2.24) is 47.4 Å². The summed E-state index contributed by atoms with van der Waals surface area (Å²) in [6, 6.07) is 6.25. The van der Waals surface area contributed by atoms with Gasteiger partial charge in [-0.2, -0.15) is 0 Å². The fourth-order valence-electron chi connectivity index (χ4n) is 6.46. The predicted molar refractivity (Wildman–Crippen MR) is 282 cm³/mol. The number of carbonyl (C=O) groups excluding carboxylic acids is 8. The molecule has 0 aliphatic carbocycles. The maximum absolute atomic E-state index is 14.2. The molecule has 0 heterocycles. The maximum Gasteiger partial charge on any atom is 0.407 e. The number of likely N-dealkylation sites (N-methyl/N-ethyl adjacent to an activating group) is 1. The summed E-state index contributed by atoms with van der Waals surface area (Å²) in [5.41, 5.74) is 2.66. The predicted octanol–water partition coefficient (Wildman–Crippen LogP) is 3.35. The van der Waals surface area contributed by atoms with E-state index in [2.05, 4.69) is 42.5 Å². The molecule has 0 aliphatic rings. The monoisotopic (exact) mass is 1070 g/mol. The molecular weight excluding hydrogens is 977 g/mol. The van der Waals surface area contributed by atoms with Crippen LogP contribution in [0, 0.1) is 0 Å². The molecule has 9 amide bonds. The highest BCUT2D eigenvalue weighted by atomic mass is 16.6. The van der Waals surface area contributed by atoms with Gasteiger partial charge in [0, 0.05) is 84.2 Å². The van der Waals surface area contributed by atoms with Gasteiger partial charge in [0.1, 0.15) is 22.3 Å². The Kier molecular flexibility index (Phi) is 30.2. The van der Waals surface area contributed by atoms with Gasteiger partial charge in [-0.25, -0.2) is 19.2 Å². The summed E-state index contributed by atoms with van der Waals surface area (Å²) in [5, 5.41) is 22.2. The van der Waals surface area contributed by atoms with E-state index in [0.29, 0.717) is 31.4 Å². The molecule has 0 fully saturated rings. The Balaban J connectivity index is 3.16. The summed E-state index contributed by atoms with van der Waals surface area (Å²) < 4.78 is 33.8. The Morgan fingerprint density at radius 2 is 0.827 bits per heavy atom. The number of nitrogens with two attached hydrogens (primary N) is 1. The van der Waals surface area contributed by atoms with Crippen LogP contribution in [0.5, 0.6) is 0 Å². The number of hydrogen-bond donors (Lipinski definition) is 9. The number of benzene rings is 1. The molecule has 1 aromatic rings. The van der Waals surface area contributed by atoms with Crippen molar-refractivity contribution in [2.75, 3.05) is 92.5 Å². The molecule has 75 heavy (non-hydrogen) atoms. The van der Waals surface area contributed by atoms with Gasteiger partial charge in [0.15, 0.2) is 0 Å². The standard InChI is InChI=1S/C51H90N10O14/c1-47(2,3)73-44(67)56-26-13-23-53-39(62)20-29-70-34-51(35-71-30-21-40(63)54-24-14-27-57-45(68)74-48(4,5)6,36-72-31-22-41(64)55-25-15-28-58-46(69)75-49(7,8)9)60-43(66)61(12)33-50(10,11)59-42(65)38-18-16-37(32-52)17-19-38/h16-19H,13-15,20-36,52H2,1-12H3,(H,53,62)(H,54,63)(H,55,64)(H,56,67)(H,57,68)(H,58,69)(H,59,65)(H,60,66). The van der Waals surface area contributed by atoms with E-state index in [9.17, 15) is 38.4 Å². The lowest BCUT2D eigenvalue weighted by atomic mass is 10.0. The largest absolute Gasteiger partial charge is 0.444 e. The molecule has 0 spiro atoms. The number of alkyl carbamates (subject to hydrolysis) is 3. The van der Waals surface area contributed by atoms with Gasteiger partial charge < -0.3 is 81.6 Å². The summed E-state index contributed by atoms with van der Waals surface area (Å²) in [5.74, 6) is -1.34. The second kappa shape index (κ2) is 33.8. The molecule has 0 bridgehead atoms. The molecule has 0 saturated heterocycles. The molecule has 1 aromatic carbocycles. The van der Waals surface area contributed by atoms with E-state index >= 15 is 0 Å². The molecular formula is C51H90N10O14. The van der Waals surface area contributed by atoms with Gasteiger partial charge >= 0.3 is 24.3 Å². The minimum atomic E-state index is -1.46. The Morgan fingerprint density at radius 3 is 1.15 bits per heavy atom. The summed E-state index contributed by atoms with van der Waals surface area (Å²) in [4.78, 5) is 103. The van der Waals surface area contributed by atoms with Crippen LogP contribution in [0.1, 0.15) is 131 Å². The molecule has 24 heteroatoms. The first kappa shape index (κ1) is 67.0. The van der Waals surface area contributed by atoms with Gasteiger partial charge in [0.2, 0.25) is 17.7 Å². The van der Waals surface area contributed by atoms with Crippen molar-refractivity contribution >= 4 is 47.9 Å². The van der Waals surface area contributed by atoms with Crippen molar-refractivity contribution in [1.29, 1.82) is 0 Å². The van der Waals surface area contributed by atoms with E-state index in [1.165, 1.54) is 4.90 Å². The second-order valence-corrected chi connectivity index (χ2v) is 21.6. The number of urea groups is 1. The average Bonchev–Trinajstić information content (AvgIpc) is 3.28. The van der Waals surface area contributed by atoms with Crippen LogP contribution in [-0.2, 0) is 49.3 Å². The molecule has 0 radical (unpaired) electrons. The van der Waals surface area contributed by atoms with Crippen molar-refractivity contribution in [3.05, 3.63) is 35.4 Å². The number of amides is 9. The minimum absolute atomic E-state index is 0.0402. The Labute approximate surface area is 443 Å². The molecule has 0 aromatic heterocycles. The lowest BCUT2D eigenvalue weighted by Crippen LogP contribution is -2.62. The van der Waals surface area contributed by atoms with Crippen LogP contribution in [-0.4, -0.2) is 173 Å². The van der Waals surface area contributed by atoms with Crippen LogP contribution in [0.15, 0.2) is 24.3 Å². The number of hydrogen-bond acceptors (Lipinski definition) is 15. The van der Waals surface area contributed by atoms with E-state index in [1.54, 1.807) is 107 Å². The smallest absolute Gasteiger partial charge is 0.407 e. The van der Waals surface area contributed by atoms with Crippen molar-refractivity contribution in [3.8, 4) is 0 Å². The molecule has 428 valence electrons. The third-order valence-corrected chi connectivity index (χ3v) is 9.84. The number of nitrogens with zero attached hydrogens (tertiary/aromatic N) is 1. The normalized spacial score (nSPS) is 11.9. The third kappa shape index (κ3) is 35.0. The zero-order valence-corrected chi connectivity index (χ0v) is 46.7. The summed E-state index contributed by atoms with van der Waals surface area (Å²) >= 11 is 0. The quantitative estimate of drug-likeness (QED) is 0.0360. The first-order valence-electron chi connectivity index (χ1n) is 25.5. The van der Waals surface area contributed by atoms with E-state index in [1.807, 2.05) is 0 Å². The number of rotatable bonds is 33. The van der Waals surface area contributed by atoms with Crippen LogP contribution in [0.25, 0.3) is 0 Å². The number of carbonyl (C=O) groups is 8. The molecule has 0 saturated carbocycles. The molecule has 0 unspecified atom stereocenters. The second-order valence-electron chi connectivity index (χ2n) is 21.6. The van der Waals surface area contributed by atoms with Gasteiger partial charge in [0.05, 0.1) is 45.2 Å². The van der Waals surface area contributed by atoms with Crippen LogP contribution < -0.4 is 48.3 Å². The fraction of sp³-hybridized carbons (Fsp3) is 0.725. The van der Waals surface area contributed by atoms with Crippen molar-refractivity contribution in [3.63, 3.8) is 0 Å². The highest BCUT2D eigenvalue weighted by Crippen LogP contribution is 2.15. The lowest BCUT2D eigenvalue weighted by Gasteiger charge is -2.37. The van der Waals surface area contributed by atoms with E-state index in [0.717, 1.165) is 5.56 Å². The first-order chi connectivity index (χ1) is 34.9. The highest BCUT2D eigenvalue weighted by Gasteiger charge is 2.36. The van der Waals surface area contributed by atoms with Crippen molar-refractivity contribution < 1.29 is 66.8 Å². The van der Waals surface area contributed by atoms with E-state index < -0.39 is 52.2 Å². The van der Waals surface area contributed by atoms with Gasteiger partial charge in [-0.1, -0.05) is 12.1 Å². The Morgan fingerprint density at radius 1 is 0.493 bits per heavy atom.